The number of hydrogen-bond donors (Lipinski definition) is 1. The Morgan fingerprint density at radius 1 is 1.25 bits per heavy atom. The molecule has 1 aliphatic carbocycles. The fourth-order valence-electron chi connectivity index (χ4n) is 3.07. The summed E-state index contributed by atoms with van der Waals surface area (Å²) in [6.45, 7) is 4.79. The third-order valence-electron chi connectivity index (χ3n) is 4.40. The maximum Gasteiger partial charge on any atom is 0.141 e. The van der Waals surface area contributed by atoms with E-state index in [0.29, 0.717) is 6.54 Å². The van der Waals surface area contributed by atoms with E-state index in [1.807, 2.05) is 0 Å². The van der Waals surface area contributed by atoms with Crippen molar-refractivity contribution in [2.75, 3.05) is 32.7 Å². The first-order chi connectivity index (χ1) is 9.69. The number of benzene rings is 1. The monoisotopic (exact) mass is 297 g/mol. The maximum atomic E-state index is 13.3. The normalized spacial score (nSPS) is 22.9. The Kier molecular flexibility index (Phi) is 4.26. The van der Waals surface area contributed by atoms with Crippen LogP contribution in [0.15, 0.2) is 18.2 Å². The van der Waals surface area contributed by atoms with Crippen LogP contribution >= 0.6 is 11.6 Å². The molecular formula is C15H21ClFN3. The van der Waals surface area contributed by atoms with Gasteiger partial charge in [-0.25, -0.2) is 4.39 Å². The molecule has 1 saturated carbocycles. The Morgan fingerprint density at radius 3 is 2.50 bits per heavy atom. The van der Waals surface area contributed by atoms with E-state index in [4.69, 9.17) is 17.3 Å². The summed E-state index contributed by atoms with van der Waals surface area (Å²) in [5.74, 6) is -0.371. The van der Waals surface area contributed by atoms with Crippen LogP contribution in [-0.2, 0) is 0 Å². The van der Waals surface area contributed by atoms with Crippen molar-refractivity contribution in [1.82, 2.24) is 9.80 Å². The van der Waals surface area contributed by atoms with Crippen LogP contribution in [0.2, 0.25) is 5.02 Å². The maximum absolute atomic E-state index is 13.3. The molecular weight excluding hydrogens is 277 g/mol. The number of nitrogens with two attached hydrogens (primary N) is 1. The molecule has 3 rings (SSSR count). The molecule has 1 unspecified atom stereocenters. The summed E-state index contributed by atoms with van der Waals surface area (Å²) < 4.78 is 13.3. The van der Waals surface area contributed by atoms with Crippen molar-refractivity contribution in [2.45, 2.75) is 24.9 Å². The Morgan fingerprint density at radius 2 is 1.95 bits per heavy atom. The van der Waals surface area contributed by atoms with Crippen molar-refractivity contribution in [1.29, 1.82) is 0 Å². The van der Waals surface area contributed by atoms with E-state index in [1.165, 1.54) is 18.9 Å². The third kappa shape index (κ3) is 2.98. The molecule has 1 aromatic carbocycles. The zero-order chi connectivity index (χ0) is 14.1. The third-order valence-corrected chi connectivity index (χ3v) is 4.69. The van der Waals surface area contributed by atoms with Crippen molar-refractivity contribution in [3.63, 3.8) is 0 Å². The van der Waals surface area contributed by atoms with Crippen LogP contribution in [0.1, 0.15) is 24.4 Å². The second kappa shape index (κ2) is 5.98. The second-order valence-corrected chi connectivity index (χ2v) is 6.14. The molecule has 3 nitrogen and oxygen atoms in total. The smallest absolute Gasteiger partial charge is 0.141 e. The molecule has 2 aliphatic rings. The van der Waals surface area contributed by atoms with Gasteiger partial charge in [0.05, 0.1) is 5.02 Å². The first kappa shape index (κ1) is 14.3. The van der Waals surface area contributed by atoms with Crippen LogP contribution in [0.5, 0.6) is 0 Å². The highest BCUT2D eigenvalue weighted by atomic mass is 35.5. The molecule has 0 spiro atoms. The molecule has 5 heteroatoms. The van der Waals surface area contributed by atoms with E-state index in [0.717, 1.165) is 37.8 Å². The minimum atomic E-state index is -0.371. The summed E-state index contributed by atoms with van der Waals surface area (Å²) in [6, 6.07) is 5.90. The van der Waals surface area contributed by atoms with Gasteiger partial charge in [-0.2, -0.15) is 0 Å². The fraction of sp³-hybridized carbons (Fsp3) is 0.600. The van der Waals surface area contributed by atoms with Gasteiger partial charge in [0.2, 0.25) is 0 Å². The molecule has 1 aromatic rings. The molecule has 1 heterocycles. The van der Waals surface area contributed by atoms with Gasteiger partial charge in [-0.05, 0) is 30.5 Å². The van der Waals surface area contributed by atoms with Crippen LogP contribution in [-0.4, -0.2) is 48.6 Å². The highest BCUT2D eigenvalue weighted by Gasteiger charge is 2.32. The van der Waals surface area contributed by atoms with Crippen molar-refractivity contribution < 1.29 is 4.39 Å². The summed E-state index contributed by atoms with van der Waals surface area (Å²) >= 11 is 5.88. The van der Waals surface area contributed by atoms with Crippen LogP contribution in [0.3, 0.4) is 0 Å². The molecule has 0 aromatic heterocycles. The summed E-state index contributed by atoms with van der Waals surface area (Å²) in [4.78, 5) is 4.96. The standard InChI is InChI=1S/C15H21ClFN3/c16-13-9-11(1-4-14(13)17)15(10-18)20-7-5-19(6-8-20)12-2-3-12/h1,4,9,12,15H,2-3,5-8,10,18H2. The van der Waals surface area contributed by atoms with Crippen molar-refractivity contribution in [2.24, 2.45) is 5.73 Å². The van der Waals surface area contributed by atoms with E-state index in [1.54, 1.807) is 12.1 Å². The molecule has 0 amide bonds. The van der Waals surface area contributed by atoms with E-state index < -0.39 is 0 Å². The number of halogens is 2. The van der Waals surface area contributed by atoms with Gasteiger partial charge >= 0.3 is 0 Å². The first-order valence-electron chi connectivity index (χ1n) is 7.32. The second-order valence-electron chi connectivity index (χ2n) is 5.73. The lowest BCUT2D eigenvalue weighted by molar-refractivity contribution is 0.0938. The van der Waals surface area contributed by atoms with Crippen molar-refractivity contribution >= 4 is 11.6 Å². The molecule has 0 bridgehead atoms. The van der Waals surface area contributed by atoms with E-state index in [2.05, 4.69) is 9.80 Å². The topological polar surface area (TPSA) is 32.5 Å². The highest BCUT2D eigenvalue weighted by molar-refractivity contribution is 6.30. The zero-order valence-corrected chi connectivity index (χ0v) is 12.3. The Hall–Kier alpha value is -0.680. The van der Waals surface area contributed by atoms with Crippen LogP contribution in [0.25, 0.3) is 0 Å². The van der Waals surface area contributed by atoms with Gasteiger partial charge in [0.1, 0.15) is 5.82 Å². The Labute approximate surface area is 124 Å². The van der Waals surface area contributed by atoms with Crippen LogP contribution in [0.4, 0.5) is 4.39 Å². The predicted molar refractivity (Wildman–Crippen MR) is 79.4 cm³/mol. The molecule has 110 valence electrons. The van der Waals surface area contributed by atoms with Gasteiger partial charge in [-0.15, -0.1) is 0 Å². The number of nitrogens with zero attached hydrogens (tertiary/aromatic N) is 2. The minimum absolute atomic E-state index is 0.134. The Balaban J connectivity index is 1.68. The fourth-order valence-corrected chi connectivity index (χ4v) is 3.26. The zero-order valence-electron chi connectivity index (χ0n) is 11.6. The lowest BCUT2D eigenvalue weighted by Gasteiger charge is -2.39. The predicted octanol–water partition coefficient (Wildman–Crippen LogP) is 2.26. The molecule has 0 radical (unpaired) electrons. The van der Waals surface area contributed by atoms with Gasteiger partial charge in [-0.1, -0.05) is 17.7 Å². The number of piperazine rings is 1. The molecule has 2 fully saturated rings. The van der Waals surface area contributed by atoms with Gasteiger partial charge in [0.25, 0.3) is 0 Å². The van der Waals surface area contributed by atoms with Crippen molar-refractivity contribution in [3.05, 3.63) is 34.6 Å². The van der Waals surface area contributed by atoms with Gasteiger partial charge in [0, 0.05) is 44.8 Å². The van der Waals surface area contributed by atoms with Gasteiger partial charge in [0.15, 0.2) is 0 Å². The first-order valence-corrected chi connectivity index (χ1v) is 7.70. The molecule has 2 N–H and O–H groups in total. The van der Waals surface area contributed by atoms with Crippen molar-refractivity contribution in [3.8, 4) is 0 Å². The quantitative estimate of drug-likeness (QED) is 0.925. The summed E-state index contributed by atoms with van der Waals surface area (Å²) in [6.07, 6.45) is 2.71. The molecule has 1 atom stereocenters. The largest absolute Gasteiger partial charge is 0.329 e. The van der Waals surface area contributed by atoms with E-state index in [9.17, 15) is 4.39 Å². The highest BCUT2D eigenvalue weighted by Crippen LogP contribution is 2.30. The van der Waals surface area contributed by atoms with Gasteiger partial charge in [-0.3, -0.25) is 9.80 Å². The Bertz CT molecular complexity index is 470. The molecule has 1 aliphatic heterocycles. The van der Waals surface area contributed by atoms with E-state index >= 15 is 0 Å². The SMILES string of the molecule is NCC(c1ccc(F)c(Cl)c1)N1CCN(C2CC2)CC1. The summed E-state index contributed by atoms with van der Waals surface area (Å²) in [7, 11) is 0. The molecule has 20 heavy (non-hydrogen) atoms. The number of hydrogen-bond acceptors (Lipinski definition) is 3. The van der Waals surface area contributed by atoms with E-state index in [-0.39, 0.29) is 16.9 Å². The summed E-state index contributed by atoms with van der Waals surface area (Å²) in [5.41, 5.74) is 6.95. The lowest BCUT2D eigenvalue weighted by atomic mass is 10.0. The lowest BCUT2D eigenvalue weighted by Crippen LogP contribution is -2.49. The number of rotatable bonds is 4. The van der Waals surface area contributed by atoms with Crippen LogP contribution < -0.4 is 5.73 Å². The summed E-state index contributed by atoms with van der Waals surface area (Å²) in [5, 5.41) is 0.178. The average Bonchev–Trinajstić information content (AvgIpc) is 3.29. The molecule has 1 saturated heterocycles. The average molecular weight is 298 g/mol. The van der Waals surface area contributed by atoms with Crippen LogP contribution in [0, 0.1) is 5.82 Å². The van der Waals surface area contributed by atoms with Gasteiger partial charge < -0.3 is 5.73 Å². The minimum Gasteiger partial charge on any atom is -0.329 e.